The van der Waals surface area contributed by atoms with E-state index in [2.05, 4.69) is 4.98 Å². The molecule has 4 rings (SSSR count). The lowest BCUT2D eigenvalue weighted by Crippen LogP contribution is -2.58. The van der Waals surface area contributed by atoms with Crippen LogP contribution in [0.5, 0.6) is 0 Å². The normalized spacial score (nSPS) is 25.9. The lowest BCUT2D eigenvalue weighted by atomic mass is 9.84. The highest BCUT2D eigenvalue weighted by atomic mass is 32.2. The van der Waals surface area contributed by atoms with E-state index in [1.807, 2.05) is 0 Å². The van der Waals surface area contributed by atoms with E-state index in [9.17, 15) is 31.5 Å². The summed E-state index contributed by atoms with van der Waals surface area (Å²) in [4.78, 5) is 17.6. The molecule has 1 unspecified atom stereocenters. The average molecular weight is 498 g/mol. The summed E-state index contributed by atoms with van der Waals surface area (Å²) in [6.45, 7) is 5.58. The number of benzene rings is 1. The third kappa shape index (κ3) is 4.04. The Morgan fingerprint density at radius 1 is 1.15 bits per heavy atom. The van der Waals surface area contributed by atoms with Crippen molar-refractivity contribution >= 4 is 21.8 Å². The summed E-state index contributed by atoms with van der Waals surface area (Å²) in [6, 6.07) is 5.97. The summed E-state index contributed by atoms with van der Waals surface area (Å²) in [5.74, 6) is -0.640. The first-order chi connectivity index (χ1) is 15.7. The van der Waals surface area contributed by atoms with Crippen LogP contribution in [-0.2, 0) is 32.8 Å². The Bertz CT molecular complexity index is 1200. The molecule has 1 aliphatic carbocycles. The highest BCUT2D eigenvalue weighted by molar-refractivity contribution is 7.89. The molecule has 1 N–H and O–H groups in total. The zero-order chi connectivity index (χ0) is 25.1. The van der Waals surface area contributed by atoms with Gasteiger partial charge >= 0.3 is 12.1 Å². The fraction of sp³-hybridized carbons (Fsp3) is 0.478. The van der Waals surface area contributed by atoms with E-state index in [0.29, 0.717) is 24.2 Å². The second-order valence-electron chi connectivity index (χ2n) is 9.30. The lowest BCUT2D eigenvalue weighted by Gasteiger charge is -2.43. The van der Waals surface area contributed by atoms with Crippen molar-refractivity contribution < 1.29 is 31.5 Å². The molecule has 0 radical (unpaired) electrons. The Kier molecular flexibility index (Phi) is 5.92. The minimum atomic E-state index is -4.48. The summed E-state index contributed by atoms with van der Waals surface area (Å²) in [6.07, 6.45) is -2.72. The molecule has 1 fully saturated rings. The number of aliphatic carboxylic acids is 1. The van der Waals surface area contributed by atoms with Crippen LogP contribution in [0, 0.1) is 0 Å². The van der Waals surface area contributed by atoms with E-state index in [-0.39, 0.29) is 18.0 Å². The summed E-state index contributed by atoms with van der Waals surface area (Å²) in [5.41, 5.74) is -0.619. The number of fused-ring (bicyclic) bond motifs is 1. The fourth-order valence-corrected chi connectivity index (χ4v) is 6.85. The first kappa shape index (κ1) is 24.5. The van der Waals surface area contributed by atoms with Crippen LogP contribution in [0.1, 0.15) is 43.9 Å². The molecule has 1 aromatic heterocycles. The van der Waals surface area contributed by atoms with E-state index in [4.69, 9.17) is 0 Å². The zero-order valence-corrected chi connectivity index (χ0v) is 19.8. The van der Waals surface area contributed by atoms with Gasteiger partial charge in [0.2, 0.25) is 10.0 Å². The Balaban J connectivity index is 1.60. The van der Waals surface area contributed by atoms with E-state index in [1.54, 1.807) is 31.7 Å². The number of alkyl halides is 3. The van der Waals surface area contributed by atoms with Crippen LogP contribution in [0.15, 0.2) is 41.4 Å². The molecule has 2 aliphatic rings. The van der Waals surface area contributed by atoms with Crippen LogP contribution >= 0.6 is 0 Å². The maximum atomic E-state index is 13.6. The number of hydrogen-bond donors (Lipinski definition) is 1. The van der Waals surface area contributed by atoms with Crippen molar-refractivity contribution in [3.05, 3.63) is 53.2 Å². The van der Waals surface area contributed by atoms with Crippen molar-refractivity contribution in [2.45, 2.75) is 62.2 Å². The molecule has 1 aliphatic heterocycles. The number of aryl methyl sites for hydroxylation is 1. The van der Waals surface area contributed by atoms with Gasteiger partial charge in [-0.25, -0.2) is 13.4 Å². The molecule has 0 amide bonds. The molecule has 3 atom stereocenters. The van der Waals surface area contributed by atoms with Crippen molar-refractivity contribution in [3.8, 4) is 0 Å². The number of carboxylic acids is 1. The molecule has 1 saturated heterocycles. The molecule has 7 nitrogen and oxygen atoms in total. The number of aromatic nitrogens is 1. The molecule has 0 spiro atoms. The fourth-order valence-electron chi connectivity index (χ4n) is 5.02. The molecule has 0 saturated carbocycles. The van der Waals surface area contributed by atoms with Gasteiger partial charge in [-0.1, -0.05) is 6.07 Å². The van der Waals surface area contributed by atoms with Gasteiger partial charge in [0.1, 0.15) is 5.82 Å². The van der Waals surface area contributed by atoms with Gasteiger partial charge in [-0.2, -0.15) is 17.5 Å². The number of anilines is 1. The third-order valence-corrected chi connectivity index (χ3v) is 8.98. The summed E-state index contributed by atoms with van der Waals surface area (Å²) >= 11 is 0. The lowest BCUT2D eigenvalue weighted by molar-refractivity contribution is -0.143. The Morgan fingerprint density at radius 3 is 2.32 bits per heavy atom. The SMILES string of the molecule is C[C@@H]1CN(c2ccc(C(F)(F)F)cn2)C[C@H](C)N1S(=O)(=O)c1ccc2c(c1)C(C)(C(=O)O)CC2. The molecule has 184 valence electrons. The minimum absolute atomic E-state index is 0.0421. The second-order valence-corrected chi connectivity index (χ2v) is 11.1. The van der Waals surface area contributed by atoms with Gasteiger partial charge < -0.3 is 10.0 Å². The van der Waals surface area contributed by atoms with Crippen LogP contribution in [0.2, 0.25) is 0 Å². The largest absolute Gasteiger partial charge is 0.481 e. The second kappa shape index (κ2) is 8.23. The highest BCUT2D eigenvalue weighted by Crippen LogP contribution is 2.41. The van der Waals surface area contributed by atoms with E-state index < -0.39 is 45.2 Å². The number of carboxylic acid groups (broad SMARTS) is 1. The van der Waals surface area contributed by atoms with Crippen molar-refractivity contribution in [1.82, 2.24) is 9.29 Å². The molecule has 2 aromatic rings. The van der Waals surface area contributed by atoms with Crippen LogP contribution in [0.3, 0.4) is 0 Å². The van der Waals surface area contributed by atoms with Crippen molar-refractivity contribution in [1.29, 1.82) is 0 Å². The van der Waals surface area contributed by atoms with Crippen LogP contribution in [0.4, 0.5) is 19.0 Å². The minimum Gasteiger partial charge on any atom is -0.481 e. The number of sulfonamides is 1. The monoisotopic (exact) mass is 497 g/mol. The molecule has 2 heterocycles. The number of carbonyl (C=O) groups is 1. The predicted molar refractivity (Wildman–Crippen MR) is 119 cm³/mol. The third-order valence-electron chi connectivity index (χ3n) is 6.85. The maximum absolute atomic E-state index is 13.6. The van der Waals surface area contributed by atoms with Crippen LogP contribution < -0.4 is 4.90 Å². The first-order valence-electron chi connectivity index (χ1n) is 10.9. The number of hydrogen-bond acceptors (Lipinski definition) is 5. The predicted octanol–water partition coefficient (Wildman–Crippen LogP) is 3.68. The molecule has 11 heteroatoms. The topological polar surface area (TPSA) is 90.8 Å². The standard InChI is InChI=1S/C23H26F3N3O4S/c1-14-12-28(20-7-5-17(11-27-20)23(24,25)26)13-15(2)29(14)34(32,33)18-6-4-16-8-9-22(3,21(30)31)19(16)10-18/h4-7,10-11,14-15H,8-9,12-13H2,1-3H3,(H,30,31)/t14-,15+,22?. The number of halogens is 3. The van der Waals surface area contributed by atoms with Crippen molar-refractivity contribution in [2.24, 2.45) is 0 Å². The van der Waals surface area contributed by atoms with Gasteiger partial charge in [0.15, 0.2) is 0 Å². The Morgan fingerprint density at radius 2 is 1.79 bits per heavy atom. The molecule has 1 aromatic carbocycles. The number of nitrogens with zero attached hydrogens (tertiary/aromatic N) is 3. The quantitative estimate of drug-likeness (QED) is 0.693. The number of piperazine rings is 1. The summed E-state index contributed by atoms with van der Waals surface area (Å²) < 4.78 is 67.1. The van der Waals surface area contributed by atoms with Gasteiger partial charge in [0.25, 0.3) is 0 Å². The van der Waals surface area contributed by atoms with Crippen LogP contribution in [-0.4, -0.2) is 54.0 Å². The zero-order valence-electron chi connectivity index (χ0n) is 19.0. The number of rotatable bonds is 4. The van der Waals surface area contributed by atoms with Gasteiger partial charge in [-0.15, -0.1) is 0 Å². The van der Waals surface area contributed by atoms with Gasteiger partial charge in [0.05, 0.1) is 15.9 Å². The van der Waals surface area contributed by atoms with Crippen LogP contribution in [0.25, 0.3) is 0 Å². The molecule has 34 heavy (non-hydrogen) atoms. The molecular formula is C23H26F3N3O4S. The summed E-state index contributed by atoms with van der Waals surface area (Å²) in [7, 11) is -3.95. The summed E-state index contributed by atoms with van der Waals surface area (Å²) in [5, 5.41) is 9.71. The van der Waals surface area contributed by atoms with Gasteiger partial charge in [-0.3, -0.25) is 4.79 Å². The molecule has 0 bridgehead atoms. The highest BCUT2D eigenvalue weighted by Gasteiger charge is 2.44. The first-order valence-corrected chi connectivity index (χ1v) is 12.4. The Hall–Kier alpha value is -2.66. The van der Waals surface area contributed by atoms with E-state index in [1.165, 1.54) is 22.5 Å². The Labute approximate surface area is 196 Å². The number of pyridine rings is 1. The smallest absolute Gasteiger partial charge is 0.417 e. The maximum Gasteiger partial charge on any atom is 0.417 e. The van der Waals surface area contributed by atoms with Crippen molar-refractivity contribution in [2.75, 3.05) is 18.0 Å². The van der Waals surface area contributed by atoms with Gasteiger partial charge in [-0.05, 0) is 69.0 Å². The van der Waals surface area contributed by atoms with Crippen molar-refractivity contribution in [3.63, 3.8) is 0 Å². The average Bonchev–Trinajstić information content (AvgIpc) is 3.10. The van der Waals surface area contributed by atoms with E-state index in [0.717, 1.165) is 17.8 Å². The van der Waals surface area contributed by atoms with E-state index >= 15 is 0 Å². The molecular weight excluding hydrogens is 471 g/mol. The van der Waals surface area contributed by atoms with Gasteiger partial charge in [0, 0.05) is 31.4 Å².